The minimum atomic E-state index is -3.44. The Morgan fingerprint density at radius 2 is 1.96 bits per heavy atom. The standard InChI is InChI=1S/C17H25N3O5S/c1-26(22,23)20-8-6-16(25-15-5-3-2-4-14(15)20)17(21)18-7-9-19-10-12-24-13-11-19/h2-5,16H,6-13H2,1H3,(H,18,21)/t16-/m0/s1. The molecule has 1 aromatic rings. The van der Waals surface area contributed by atoms with Crippen molar-refractivity contribution in [3.8, 4) is 5.75 Å². The van der Waals surface area contributed by atoms with Gasteiger partial charge < -0.3 is 14.8 Å². The largest absolute Gasteiger partial charge is 0.478 e. The molecule has 0 spiro atoms. The summed E-state index contributed by atoms with van der Waals surface area (Å²) in [7, 11) is -3.44. The van der Waals surface area contributed by atoms with Gasteiger partial charge in [0, 0.05) is 39.1 Å². The molecule has 0 radical (unpaired) electrons. The molecule has 8 nitrogen and oxygen atoms in total. The average molecular weight is 383 g/mol. The Kier molecular flexibility index (Phi) is 6.00. The molecular formula is C17H25N3O5S. The van der Waals surface area contributed by atoms with Crippen LogP contribution in [0, 0.1) is 0 Å². The quantitative estimate of drug-likeness (QED) is 0.773. The summed E-state index contributed by atoms with van der Waals surface area (Å²) < 4.78 is 36.6. The van der Waals surface area contributed by atoms with Crippen LogP contribution < -0.4 is 14.4 Å². The van der Waals surface area contributed by atoms with E-state index < -0.39 is 16.1 Å². The van der Waals surface area contributed by atoms with Crippen molar-refractivity contribution in [1.29, 1.82) is 0 Å². The molecule has 3 rings (SSSR count). The molecule has 1 aromatic carbocycles. The van der Waals surface area contributed by atoms with Crippen LogP contribution in [0.1, 0.15) is 6.42 Å². The summed E-state index contributed by atoms with van der Waals surface area (Å²) in [6.45, 7) is 4.66. The van der Waals surface area contributed by atoms with Crippen molar-refractivity contribution in [2.45, 2.75) is 12.5 Å². The Labute approximate surface area is 154 Å². The van der Waals surface area contributed by atoms with Crippen LogP contribution in [0.2, 0.25) is 0 Å². The molecule has 0 saturated carbocycles. The van der Waals surface area contributed by atoms with Gasteiger partial charge in [0.1, 0.15) is 5.75 Å². The average Bonchev–Trinajstić information content (AvgIpc) is 2.82. The summed E-state index contributed by atoms with van der Waals surface area (Å²) in [6.07, 6.45) is 0.741. The Hall–Kier alpha value is -1.84. The van der Waals surface area contributed by atoms with E-state index in [2.05, 4.69) is 10.2 Å². The van der Waals surface area contributed by atoms with E-state index in [4.69, 9.17) is 9.47 Å². The number of fused-ring (bicyclic) bond motifs is 1. The molecule has 2 aliphatic heterocycles. The fraction of sp³-hybridized carbons (Fsp3) is 0.588. The van der Waals surface area contributed by atoms with Gasteiger partial charge in [0.2, 0.25) is 10.0 Å². The zero-order chi connectivity index (χ0) is 18.6. The molecule has 1 saturated heterocycles. The number of hydrogen-bond donors (Lipinski definition) is 1. The lowest BCUT2D eigenvalue weighted by atomic mass is 10.2. The third-order valence-electron chi connectivity index (χ3n) is 4.52. The van der Waals surface area contributed by atoms with Crippen LogP contribution in [-0.2, 0) is 19.6 Å². The van der Waals surface area contributed by atoms with Crippen molar-refractivity contribution in [2.75, 3.05) is 56.5 Å². The van der Waals surface area contributed by atoms with E-state index in [1.807, 2.05) is 0 Å². The first-order valence-electron chi connectivity index (χ1n) is 8.76. The van der Waals surface area contributed by atoms with Crippen molar-refractivity contribution in [3.05, 3.63) is 24.3 Å². The second kappa shape index (κ2) is 8.24. The van der Waals surface area contributed by atoms with Crippen molar-refractivity contribution < 1.29 is 22.7 Å². The van der Waals surface area contributed by atoms with Crippen LogP contribution in [0.15, 0.2) is 24.3 Å². The number of carbonyl (C=O) groups excluding carboxylic acids is 1. The van der Waals surface area contributed by atoms with Crippen LogP contribution in [0.4, 0.5) is 5.69 Å². The molecule has 2 aliphatic rings. The summed E-state index contributed by atoms with van der Waals surface area (Å²) in [5.74, 6) is 0.187. The van der Waals surface area contributed by atoms with Gasteiger partial charge in [-0.05, 0) is 12.1 Å². The summed E-state index contributed by atoms with van der Waals surface area (Å²) in [6, 6.07) is 6.89. The van der Waals surface area contributed by atoms with E-state index >= 15 is 0 Å². The minimum absolute atomic E-state index is 0.206. The number of para-hydroxylation sites is 2. The van der Waals surface area contributed by atoms with E-state index in [9.17, 15) is 13.2 Å². The SMILES string of the molecule is CS(=O)(=O)N1CC[C@@H](C(=O)NCCN2CCOCC2)Oc2ccccc21. The van der Waals surface area contributed by atoms with Crippen LogP contribution in [0.5, 0.6) is 5.75 Å². The molecular weight excluding hydrogens is 358 g/mol. The first-order chi connectivity index (χ1) is 12.4. The number of rotatable bonds is 5. The highest BCUT2D eigenvalue weighted by atomic mass is 32.2. The molecule has 1 N–H and O–H groups in total. The lowest BCUT2D eigenvalue weighted by Gasteiger charge is -2.26. The van der Waals surface area contributed by atoms with Gasteiger partial charge in [0.25, 0.3) is 5.91 Å². The summed E-state index contributed by atoms with van der Waals surface area (Å²) in [5.41, 5.74) is 0.471. The molecule has 0 aliphatic carbocycles. The molecule has 0 bridgehead atoms. The van der Waals surface area contributed by atoms with Gasteiger partial charge in [-0.15, -0.1) is 0 Å². The number of anilines is 1. The molecule has 0 aromatic heterocycles. The van der Waals surface area contributed by atoms with Crippen LogP contribution >= 0.6 is 0 Å². The maximum atomic E-state index is 12.5. The van der Waals surface area contributed by atoms with Gasteiger partial charge in [0.15, 0.2) is 6.10 Å². The number of ether oxygens (including phenoxy) is 2. The number of nitrogens with zero attached hydrogens (tertiary/aromatic N) is 2. The number of carbonyl (C=O) groups is 1. The summed E-state index contributed by atoms with van der Waals surface area (Å²) in [4.78, 5) is 14.7. The van der Waals surface area contributed by atoms with E-state index in [0.29, 0.717) is 24.4 Å². The monoisotopic (exact) mass is 383 g/mol. The second-order valence-corrected chi connectivity index (χ2v) is 8.35. The zero-order valence-electron chi connectivity index (χ0n) is 14.9. The third-order valence-corrected chi connectivity index (χ3v) is 5.70. The topological polar surface area (TPSA) is 88.2 Å². The summed E-state index contributed by atoms with van der Waals surface area (Å²) in [5, 5.41) is 2.90. The van der Waals surface area contributed by atoms with Crippen LogP contribution in [0.25, 0.3) is 0 Å². The highest BCUT2D eigenvalue weighted by Crippen LogP contribution is 2.33. The van der Waals surface area contributed by atoms with E-state index in [-0.39, 0.29) is 12.5 Å². The fourth-order valence-corrected chi connectivity index (χ4v) is 4.08. The number of amides is 1. The van der Waals surface area contributed by atoms with E-state index in [0.717, 1.165) is 39.1 Å². The van der Waals surface area contributed by atoms with Gasteiger partial charge in [-0.3, -0.25) is 14.0 Å². The Morgan fingerprint density at radius 1 is 1.23 bits per heavy atom. The number of benzene rings is 1. The molecule has 2 heterocycles. The third kappa shape index (κ3) is 4.66. The Morgan fingerprint density at radius 3 is 2.69 bits per heavy atom. The normalized spacial score (nSPS) is 21.4. The Balaban J connectivity index is 1.61. The molecule has 144 valence electrons. The molecule has 1 fully saturated rings. The molecule has 26 heavy (non-hydrogen) atoms. The highest BCUT2D eigenvalue weighted by molar-refractivity contribution is 7.92. The smallest absolute Gasteiger partial charge is 0.261 e. The Bertz CT molecular complexity index is 734. The van der Waals surface area contributed by atoms with Gasteiger partial charge in [-0.2, -0.15) is 0 Å². The maximum absolute atomic E-state index is 12.5. The van der Waals surface area contributed by atoms with Crippen LogP contribution in [0.3, 0.4) is 0 Å². The van der Waals surface area contributed by atoms with Crippen molar-refractivity contribution in [2.24, 2.45) is 0 Å². The lowest BCUT2D eigenvalue weighted by Crippen LogP contribution is -2.45. The van der Waals surface area contributed by atoms with Gasteiger partial charge in [-0.1, -0.05) is 12.1 Å². The van der Waals surface area contributed by atoms with E-state index in [1.54, 1.807) is 24.3 Å². The molecule has 9 heteroatoms. The van der Waals surface area contributed by atoms with Gasteiger partial charge in [-0.25, -0.2) is 8.42 Å². The van der Waals surface area contributed by atoms with Crippen molar-refractivity contribution in [1.82, 2.24) is 10.2 Å². The highest BCUT2D eigenvalue weighted by Gasteiger charge is 2.30. The molecule has 0 unspecified atom stereocenters. The predicted octanol–water partition coefficient (Wildman–Crippen LogP) is 0.0521. The number of hydrogen-bond acceptors (Lipinski definition) is 6. The molecule has 1 amide bonds. The van der Waals surface area contributed by atoms with E-state index in [1.165, 1.54) is 4.31 Å². The fourth-order valence-electron chi connectivity index (χ4n) is 3.13. The first-order valence-corrected chi connectivity index (χ1v) is 10.6. The molecule has 1 atom stereocenters. The summed E-state index contributed by atoms with van der Waals surface area (Å²) >= 11 is 0. The predicted molar refractivity (Wildman–Crippen MR) is 97.9 cm³/mol. The van der Waals surface area contributed by atoms with Crippen molar-refractivity contribution in [3.63, 3.8) is 0 Å². The second-order valence-electron chi connectivity index (χ2n) is 6.44. The maximum Gasteiger partial charge on any atom is 0.261 e. The number of nitrogens with one attached hydrogen (secondary N) is 1. The van der Waals surface area contributed by atoms with Crippen molar-refractivity contribution >= 4 is 21.6 Å². The minimum Gasteiger partial charge on any atom is -0.478 e. The first kappa shape index (κ1) is 18.9. The van der Waals surface area contributed by atoms with Gasteiger partial charge >= 0.3 is 0 Å². The number of sulfonamides is 1. The van der Waals surface area contributed by atoms with Gasteiger partial charge in [0.05, 0.1) is 25.2 Å². The number of morpholine rings is 1. The van der Waals surface area contributed by atoms with Crippen LogP contribution in [-0.4, -0.2) is 77.5 Å². The lowest BCUT2D eigenvalue weighted by molar-refractivity contribution is -0.128. The zero-order valence-corrected chi connectivity index (χ0v) is 15.7.